The number of pyridine rings is 1. The SMILES string of the molecule is CCOc1ccc([C@H]2C(C#N)=C(N)Oc3cc(C)n(C[C@H]4CCCO4)c(=O)c32)cc1OCC. The molecule has 2 atom stereocenters. The fourth-order valence-electron chi connectivity index (χ4n) is 4.49. The summed E-state index contributed by atoms with van der Waals surface area (Å²) in [6, 6.07) is 9.39. The second kappa shape index (κ2) is 9.59. The quantitative estimate of drug-likeness (QED) is 0.688. The number of hydrogen-bond acceptors (Lipinski definition) is 7. The van der Waals surface area contributed by atoms with Crippen molar-refractivity contribution < 1.29 is 18.9 Å². The Hall–Kier alpha value is -3.44. The van der Waals surface area contributed by atoms with Gasteiger partial charge in [0.15, 0.2) is 11.5 Å². The van der Waals surface area contributed by atoms with Crippen LogP contribution in [0.5, 0.6) is 17.2 Å². The van der Waals surface area contributed by atoms with E-state index in [0.29, 0.717) is 54.7 Å². The minimum Gasteiger partial charge on any atom is -0.490 e. The van der Waals surface area contributed by atoms with E-state index in [1.54, 1.807) is 16.7 Å². The van der Waals surface area contributed by atoms with Gasteiger partial charge in [-0.15, -0.1) is 0 Å². The van der Waals surface area contributed by atoms with Crippen molar-refractivity contribution >= 4 is 0 Å². The zero-order valence-electron chi connectivity index (χ0n) is 19.2. The fraction of sp³-hybridized carbons (Fsp3) is 0.440. The summed E-state index contributed by atoms with van der Waals surface area (Å²) in [6.45, 7) is 7.75. The molecule has 2 aliphatic rings. The molecule has 1 aromatic carbocycles. The second-order valence-corrected chi connectivity index (χ2v) is 8.11. The number of nitrogens with two attached hydrogens (primary N) is 1. The van der Waals surface area contributed by atoms with Crippen molar-refractivity contribution in [1.29, 1.82) is 5.26 Å². The van der Waals surface area contributed by atoms with E-state index < -0.39 is 5.92 Å². The third kappa shape index (κ3) is 4.29. The standard InChI is InChI=1S/C25H29N3O5/c1-4-30-19-9-8-16(12-20(19)31-5-2)22-18(13-26)24(27)33-21-11-15(3)28(25(29)23(21)22)14-17-7-6-10-32-17/h8-9,11-12,17,22H,4-7,10,14,27H2,1-3H3/t17-,22+/m1/s1. The summed E-state index contributed by atoms with van der Waals surface area (Å²) >= 11 is 0. The first-order valence-corrected chi connectivity index (χ1v) is 11.3. The van der Waals surface area contributed by atoms with Crippen LogP contribution in [0.25, 0.3) is 0 Å². The maximum Gasteiger partial charge on any atom is 0.258 e. The van der Waals surface area contributed by atoms with Gasteiger partial charge < -0.3 is 29.2 Å². The Morgan fingerprint density at radius 3 is 2.64 bits per heavy atom. The van der Waals surface area contributed by atoms with Crippen LogP contribution in [-0.2, 0) is 11.3 Å². The molecule has 0 aliphatic carbocycles. The molecule has 8 heteroatoms. The average molecular weight is 452 g/mol. The number of aryl methyl sites for hydroxylation is 1. The highest BCUT2D eigenvalue weighted by Gasteiger charge is 2.35. The number of rotatable bonds is 7. The number of aromatic nitrogens is 1. The zero-order chi connectivity index (χ0) is 23.5. The molecule has 8 nitrogen and oxygen atoms in total. The van der Waals surface area contributed by atoms with Crippen LogP contribution in [0, 0.1) is 18.3 Å². The Kier molecular flexibility index (Phi) is 6.61. The monoisotopic (exact) mass is 451 g/mol. The molecule has 174 valence electrons. The zero-order valence-corrected chi connectivity index (χ0v) is 19.2. The molecule has 2 aliphatic heterocycles. The van der Waals surface area contributed by atoms with Crippen LogP contribution >= 0.6 is 0 Å². The third-order valence-corrected chi connectivity index (χ3v) is 6.00. The summed E-state index contributed by atoms with van der Waals surface area (Å²) in [5.41, 5.74) is 7.95. The van der Waals surface area contributed by atoms with Crippen LogP contribution < -0.4 is 25.5 Å². The van der Waals surface area contributed by atoms with Gasteiger partial charge in [-0.3, -0.25) is 4.79 Å². The van der Waals surface area contributed by atoms with Gasteiger partial charge in [0, 0.05) is 18.4 Å². The molecule has 4 rings (SSSR count). The molecule has 0 spiro atoms. The normalized spacial score (nSPS) is 19.6. The van der Waals surface area contributed by atoms with Gasteiger partial charge in [-0.05, 0) is 51.3 Å². The van der Waals surface area contributed by atoms with Crippen LogP contribution in [0.2, 0.25) is 0 Å². The number of ether oxygens (including phenoxy) is 4. The van der Waals surface area contributed by atoms with E-state index in [1.807, 2.05) is 32.9 Å². The second-order valence-electron chi connectivity index (χ2n) is 8.11. The number of hydrogen-bond donors (Lipinski definition) is 1. The summed E-state index contributed by atoms with van der Waals surface area (Å²) in [5.74, 6) is 0.836. The van der Waals surface area contributed by atoms with Crippen LogP contribution in [0.4, 0.5) is 0 Å². The number of benzene rings is 1. The van der Waals surface area contributed by atoms with Crippen molar-refractivity contribution in [3.63, 3.8) is 0 Å². The molecule has 0 amide bonds. The molecule has 33 heavy (non-hydrogen) atoms. The van der Waals surface area contributed by atoms with Crippen LogP contribution in [0.15, 0.2) is 40.5 Å². The van der Waals surface area contributed by atoms with Crippen molar-refractivity contribution in [2.75, 3.05) is 19.8 Å². The van der Waals surface area contributed by atoms with E-state index in [-0.39, 0.29) is 23.1 Å². The summed E-state index contributed by atoms with van der Waals surface area (Å²) in [7, 11) is 0. The first-order chi connectivity index (χ1) is 16.0. The van der Waals surface area contributed by atoms with Gasteiger partial charge in [-0.1, -0.05) is 6.07 Å². The predicted molar refractivity (Wildman–Crippen MR) is 122 cm³/mol. The molecule has 1 saturated heterocycles. The van der Waals surface area contributed by atoms with E-state index in [2.05, 4.69) is 6.07 Å². The van der Waals surface area contributed by atoms with E-state index >= 15 is 0 Å². The molecule has 0 saturated carbocycles. The van der Waals surface area contributed by atoms with E-state index in [1.165, 1.54) is 0 Å². The fourth-order valence-corrected chi connectivity index (χ4v) is 4.49. The minimum atomic E-state index is -0.683. The summed E-state index contributed by atoms with van der Waals surface area (Å²) in [4.78, 5) is 13.8. The van der Waals surface area contributed by atoms with E-state index in [9.17, 15) is 10.1 Å². The lowest BCUT2D eigenvalue weighted by Crippen LogP contribution is -2.35. The van der Waals surface area contributed by atoms with Crippen molar-refractivity contribution in [1.82, 2.24) is 4.57 Å². The van der Waals surface area contributed by atoms with Crippen molar-refractivity contribution in [2.24, 2.45) is 5.73 Å². The van der Waals surface area contributed by atoms with Crippen LogP contribution in [-0.4, -0.2) is 30.5 Å². The maximum absolute atomic E-state index is 13.8. The van der Waals surface area contributed by atoms with Crippen molar-refractivity contribution in [3.8, 4) is 23.3 Å². The molecule has 0 unspecified atom stereocenters. The Morgan fingerprint density at radius 1 is 1.21 bits per heavy atom. The Labute approximate surface area is 193 Å². The largest absolute Gasteiger partial charge is 0.490 e. The van der Waals surface area contributed by atoms with Gasteiger partial charge in [0.1, 0.15) is 17.4 Å². The summed E-state index contributed by atoms with van der Waals surface area (Å²) in [5, 5.41) is 9.92. The predicted octanol–water partition coefficient (Wildman–Crippen LogP) is 3.35. The molecule has 0 bridgehead atoms. The van der Waals surface area contributed by atoms with Gasteiger partial charge in [0.05, 0.1) is 37.3 Å². The van der Waals surface area contributed by atoms with Crippen LogP contribution in [0.1, 0.15) is 49.4 Å². The summed E-state index contributed by atoms with van der Waals surface area (Å²) in [6.07, 6.45) is 1.89. The highest BCUT2D eigenvalue weighted by atomic mass is 16.5. The average Bonchev–Trinajstić information content (AvgIpc) is 3.30. The molecule has 0 radical (unpaired) electrons. The highest BCUT2D eigenvalue weighted by molar-refractivity contribution is 5.57. The van der Waals surface area contributed by atoms with Gasteiger partial charge >= 0.3 is 0 Å². The van der Waals surface area contributed by atoms with E-state index in [0.717, 1.165) is 18.5 Å². The van der Waals surface area contributed by atoms with E-state index in [4.69, 9.17) is 24.7 Å². The first-order valence-electron chi connectivity index (χ1n) is 11.3. The summed E-state index contributed by atoms with van der Waals surface area (Å²) < 4.78 is 24.7. The van der Waals surface area contributed by atoms with Crippen molar-refractivity contribution in [2.45, 2.75) is 52.2 Å². The Balaban J connectivity index is 1.87. The van der Waals surface area contributed by atoms with Crippen LogP contribution in [0.3, 0.4) is 0 Å². The van der Waals surface area contributed by atoms with Crippen molar-refractivity contribution in [3.05, 3.63) is 62.9 Å². The molecule has 1 fully saturated rings. The Bertz CT molecular complexity index is 1170. The molecule has 1 aromatic heterocycles. The highest BCUT2D eigenvalue weighted by Crippen LogP contribution is 2.43. The third-order valence-electron chi connectivity index (χ3n) is 6.00. The van der Waals surface area contributed by atoms with Gasteiger partial charge in [-0.2, -0.15) is 5.26 Å². The number of fused-ring (bicyclic) bond motifs is 1. The van der Waals surface area contributed by atoms with Gasteiger partial charge in [0.25, 0.3) is 5.56 Å². The number of nitriles is 1. The smallest absolute Gasteiger partial charge is 0.258 e. The molecular weight excluding hydrogens is 422 g/mol. The molecular formula is C25H29N3O5. The number of nitrogens with zero attached hydrogens (tertiary/aromatic N) is 2. The number of allylic oxidation sites excluding steroid dienone is 1. The Morgan fingerprint density at radius 2 is 1.97 bits per heavy atom. The minimum absolute atomic E-state index is 0.00230. The molecule has 2 aromatic rings. The molecule has 3 heterocycles. The first kappa shape index (κ1) is 22.7. The van der Waals surface area contributed by atoms with Gasteiger partial charge in [-0.25, -0.2) is 0 Å². The molecule has 2 N–H and O–H groups in total. The lowest BCUT2D eigenvalue weighted by atomic mass is 9.83. The topological polar surface area (TPSA) is 109 Å². The maximum atomic E-state index is 13.8. The lowest BCUT2D eigenvalue weighted by Gasteiger charge is -2.28. The lowest BCUT2D eigenvalue weighted by molar-refractivity contribution is 0.0955. The van der Waals surface area contributed by atoms with Gasteiger partial charge in [0.2, 0.25) is 5.88 Å².